The molecular formula is C13H21NO2. The molecule has 4 N–H and O–H groups in total. The van der Waals surface area contributed by atoms with E-state index in [2.05, 4.69) is 6.92 Å². The Morgan fingerprint density at radius 1 is 1.19 bits per heavy atom. The second-order valence-corrected chi connectivity index (χ2v) is 4.08. The highest BCUT2D eigenvalue weighted by atomic mass is 16.3. The van der Waals surface area contributed by atoms with E-state index in [-0.39, 0.29) is 0 Å². The first-order valence-corrected chi connectivity index (χ1v) is 5.84. The number of hydrogen-bond acceptors (Lipinski definition) is 3. The molecule has 3 heteroatoms. The van der Waals surface area contributed by atoms with E-state index in [0.29, 0.717) is 13.0 Å². The molecule has 0 radical (unpaired) electrons. The molecule has 0 aliphatic rings. The van der Waals surface area contributed by atoms with Crippen LogP contribution in [0.15, 0.2) is 24.3 Å². The lowest BCUT2D eigenvalue weighted by molar-refractivity contribution is 0.0150. The molecule has 90 valence electrons. The molecule has 1 aromatic rings. The van der Waals surface area contributed by atoms with Crippen molar-refractivity contribution < 1.29 is 10.2 Å². The van der Waals surface area contributed by atoms with Gasteiger partial charge >= 0.3 is 0 Å². The highest BCUT2D eigenvalue weighted by molar-refractivity contribution is 5.24. The molecule has 0 bridgehead atoms. The summed E-state index contributed by atoms with van der Waals surface area (Å²) in [6, 6.07) is 7.74. The Morgan fingerprint density at radius 2 is 1.81 bits per heavy atom. The predicted molar refractivity (Wildman–Crippen MR) is 65.1 cm³/mol. The van der Waals surface area contributed by atoms with Crippen LogP contribution in [0.2, 0.25) is 0 Å². The van der Waals surface area contributed by atoms with Gasteiger partial charge in [-0.15, -0.1) is 0 Å². The Morgan fingerprint density at radius 3 is 2.31 bits per heavy atom. The van der Waals surface area contributed by atoms with E-state index in [1.165, 1.54) is 5.56 Å². The summed E-state index contributed by atoms with van der Waals surface area (Å²) in [5.74, 6) is 0. The lowest BCUT2D eigenvalue weighted by Gasteiger charge is -2.17. The molecule has 0 heterocycles. The molecule has 2 unspecified atom stereocenters. The van der Waals surface area contributed by atoms with Crippen LogP contribution in [0.5, 0.6) is 0 Å². The van der Waals surface area contributed by atoms with Gasteiger partial charge in [-0.25, -0.2) is 0 Å². The maximum atomic E-state index is 9.84. The Kier molecular flexibility index (Phi) is 5.46. The van der Waals surface area contributed by atoms with Gasteiger partial charge in [-0.2, -0.15) is 0 Å². The van der Waals surface area contributed by atoms with Crippen molar-refractivity contribution in [1.29, 1.82) is 0 Å². The summed E-state index contributed by atoms with van der Waals surface area (Å²) in [5.41, 5.74) is 7.34. The van der Waals surface area contributed by atoms with Crippen molar-refractivity contribution in [2.24, 2.45) is 5.73 Å². The highest BCUT2D eigenvalue weighted by Gasteiger charge is 2.16. The fraction of sp³-hybridized carbons (Fsp3) is 0.538. The van der Waals surface area contributed by atoms with Crippen LogP contribution in [0.25, 0.3) is 0 Å². The van der Waals surface area contributed by atoms with E-state index in [9.17, 15) is 10.2 Å². The summed E-state index contributed by atoms with van der Waals surface area (Å²) >= 11 is 0. The molecular weight excluding hydrogens is 202 g/mol. The van der Waals surface area contributed by atoms with Crippen LogP contribution in [0.1, 0.15) is 37.0 Å². The fourth-order valence-electron chi connectivity index (χ4n) is 1.72. The minimum absolute atomic E-state index is 0.381. The van der Waals surface area contributed by atoms with Gasteiger partial charge in [-0.05, 0) is 30.5 Å². The zero-order valence-electron chi connectivity index (χ0n) is 9.76. The Labute approximate surface area is 96.9 Å². The second kappa shape index (κ2) is 6.63. The monoisotopic (exact) mass is 223 g/mol. The number of nitrogens with two attached hydrogens (primary N) is 1. The third-order valence-electron chi connectivity index (χ3n) is 2.69. The third-order valence-corrected chi connectivity index (χ3v) is 2.69. The average molecular weight is 223 g/mol. The molecule has 0 aromatic heterocycles. The summed E-state index contributed by atoms with van der Waals surface area (Å²) in [5, 5.41) is 19.4. The molecule has 1 rings (SSSR count). The van der Waals surface area contributed by atoms with Crippen LogP contribution in [0.3, 0.4) is 0 Å². The molecule has 3 nitrogen and oxygen atoms in total. The smallest absolute Gasteiger partial charge is 0.105 e. The van der Waals surface area contributed by atoms with Gasteiger partial charge in [0.25, 0.3) is 0 Å². The van der Waals surface area contributed by atoms with Crippen LogP contribution in [-0.2, 0) is 6.42 Å². The van der Waals surface area contributed by atoms with Gasteiger partial charge in [0.2, 0.25) is 0 Å². The van der Waals surface area contributed by atoms with Gasteiger partial charge in [0.15, 0.2) is 0 Å². The molecule has 0 spiro atoms. The number of rotatable bonds is 6. The zero-order valence-corrected chi connectivity index (χ0v) is 9.76. The van der Waals surface area contributed by atoms with Crippen molar-refractivity contribution in [3.63, 3.8) is 0 Å². The maximum Gasteiger partial charge on any atom is 0.105 e. The summed E-state index contributed by atoms with van der Waals surface area (Å²) < 4.78 is 0. The topological polar surface area (TPSA) is 66.5 Å². The molecule has 0 saturated carbocycles. The SMILES string of the molecule is CCCc1ccc(C(O)C(O)CCN)cc1. The van der Waals surface area contributed by atoms with Crippen LogP contribution < -0.4 is 5.73 Å². The van der Waals surface area contributed by atoms with Crippen LogP contribution in [-0.4, -0.2) is 22.9 Å². The average Bonchev–Trinajstić information content (AvgIpc) is 2.30. The molecule has 0 saturated heterocycles. The lowest BCUT2D eigenvalue weighted by atomic mass is 10.00. The van der Waals surface area contributed by atoms with Gasteiger partial charge in [-0.1, -0.05) is 37.6 Å². The van der Waals surface area contributed by atoms with E-state index < -0.39 is 12.2 Å². The molecule has 0 amide bonds. The number of aliphatic hydroxyl groups excluding tert-OH is 2. The van der Waals surface area contributed by atoms with E-state index >= 15 is 0 Å². The predicted octanol–water partition coefficient (Wildman–Crippen LogP) is 1.38. The van der Waals surface area contributed by atoms with Crippen LogP contribution in [0.4, 0.5) is 0 Å². The van der Waals surface area contributed by atoms with Gasteiger partial charge in [0.1, 0.15) is 6.10 Å². The van der Waals surface area contributed by atoms with Crippen LogP contribution >= 0.6 is 0 Å². The summed E-state index contributed by atoms with van der Waals surface area (Å²) in [6.07, 6.45) is 0.957. The molecule has 16 heavy (non-hydrogen) atoms. The van der Waals surface area contributed by atoms with E-state index in [1.54, 1.807) is 0 Å². The van der Waals surface area contributed by atoms with Crippen molar-refractivity contribution in [3.05, 3.63) is 35.4 Å². The Bertz CT molecular complexity index is 297. The van der Waals surface area contributed by atoms with Gasteiger partial charge in [-0.3, -0.25) is 0 Å². The number of hydrogen-bond donors (Lipinski definition) is 3. The third kappa shape index (κ3) is 3.59. The first kappa shape index (κ1) is 13.2. The molecule has 0 aliphatic carbocycles. The highest BCUT2D eigenvalue weighted by Crippen LogP contribution is 2.19. The van der Waals surface area contributed by atoms with Crippen molar-refractivity contribution in [2.75, 3.05) is 6.54 Å². The maximum absolute atomic E-state index is 9.84. The first-order chi connectivity index (χ1) is 7.69. The number of aliphatic hydroxyl groups is 2. The largest absolute Gasteiger partial charge is 0.390 e. The number of benzene rings is 1. The summed E-state index contributed by atoms with van der Waals surface area (Å²) in [6.45, 7) is 2.51. The molecule has 0 fully saturated rings. The normalized spacial score (nSPS) is 14.8. The minimum Gasteiger partial charge on any atom is -0.390 e. The Balaban J connectivity index is 2.65. The van der Waals surface area contributed by atoms with E-state index in [1.807, 2.05) is 24.3 Å². The summed E-state index contributed by atoms with van der Waals surface area (Å²) in [4.78, 5) is 0. The van der Waals surface area contributed by atoms with Crippen molar-refractivity contribution in [3.8, 4) is 0 Å². The van der Waals surface area contributed by atoms with E-state index in [4.69, 9.17) is 5.73 Å². The van der Waals surface area contributed by atoms with Crippen molar-refractivity contribution >= 4 is 0 Å². The van der Waals surface area contributed by atoms with Gasteiger partial charge in [0, 0.05) is 0 Å². The number of aryl methyl sites for hydroxylation is 1. The molecule has 0 aliphatic heterocycles. The summed E-state index contributed by atoms with van der Waals surface area (Å²) in [7, 11) is 0. The first-order valence-electron chi connectivity index (χ1n) is 5.84. The minimum atomic E-state index is -0.834. The van der Waals surface area contributed by atoms with E-state index in [0.717, 1.165) is 18.4 Å². The Hall–Kier alpha value is -0.900. The fourth-order valence-corrected chi connectivity index (χ4v) is 1.72. The van der Waals surface area contributed by atoms with Crippen molar-refractivity contribution in [1.82, 2.24) is 0 Å². The van der Waals surface area contributed by atoms with Crippen LogP contribution in [0, 0.1) is 0 Å². The zero-order chi connectivity index (χ0) is 12.0. The second-order valence-electron chi connectivity index (χ2n) is 4.08. The van der Waals surface area contributed by atoms with Gasteiger partial charge < -0.3 is 15.9 Å². The molecule has 1 aromatic carbocycles. The van der Waals surface area contributed by atoms with Gasteiger partial charge in [0.05, 0.1) is 6.10 Å². The quantitative estimate of drug-likeness (QED) is 0.682. The van der Waals surface area contributed by atoms with Crippen molar-refractivity contribution in [2.45, 2.75) is 38.4 Å². The molecule has 2 atom stereocenters. The lowest BCUT2D eigenvalue weighted by Crippen LogP contribution is -2.21. The standard InChI is InChI=1S/C13H21NO2/c1-2-3-10-4-6-11(7-5-10)13(16)12(15)8-9-14/h4-7,12-13,15-16H,2-3,8-9,14H2,1H3.